The Kier molecular flexibility index (Phi) is 12.9. The molecule has 2 aliphatic heterocycles. The van der Waals surface area contributed by atoms with E-state index in [-0.39, 0.29) is 12.0 Å². The molecule has 3 aromatic carbocycles. The van der Waals surface area contributed by atoms with Gasteiger partial charge < -0.3 is 40.4 Å². The van der Waals surface area contributed by atoms with Gasteiger partial charge in [0.05, 0.1) is 17.6 Å². The summed E-state index contributed by atoms with van der Waals surface area (Å²) in [4.78, 5) is 49.7. The van der Waals surface area contributed by atoms with Crippen LogP contribution in [0.3, 0.4) is 0 Å². The average Bonchev–Trinajstić information content (AvgIpc) is 4.01. The van der Waals surface area contributed by atoms with Crippen molar-refractivity contribution in [2.75, 3.05) is 31.5 Å². The van der Waals surface area contributed by atoms with Gasteiger partial charge in [-0.2, -0.15) is 5.26 Å². The van der Waals surface area contributed by atoms with Crippen molar-refractivity contribution < 1.29 is 49.4 Å². The summed E-state index contributed by atoms with van der Waals surface area (Å²) >= 11 is 0. The molecule has 0 radical (unpaired) electrons. The smallest absolute Gasteiger partial charge is 0.335 e. The Morgan fingerprint density at radius 1 is 0.855 bits per heavy atom. The number of benzene rings is 3. The fourth-order valence-electron chi connectivity index (χ4n) is 7.93. The lowest BCUT2D eigenvalue weighted by atomic mass is 9.93. The molecule has 3 aromatic heterocycles. The Balaban J connectivity index is 0.000000516. The molecule has 320 valence electrons. The first kappa shape index (κ1) is 43.3. The maximum absolute atomic E-state index is 11.5. The largest absolute Gasteiger partial charge is 0.481 e. The van der Waals surface area contributed by atoms with Crippen LogP contribution in [0.1, 0.15) is 40.7 Å². The summed E-state index contributed by atoms with van der Waals surface area (Å²) in [5.74, 6) is -3.55. The number of hydrogen-bond acceptors (Lipinski definition) is 14. The van der Waals surface area contributed by atoms with Crippen molar-refractivity contribution in [1.82, 2.24) is 24.8 Å². The quantitative estimate of drug-likeness (QED) is 0.0881. The number of likely N-dealkylation sites (tertiary alicyclic amines) is 2. The highest BCUT2D eigenvalue weighted by atomic mass is 16.4. The number of oxazole rings is 1. The zero-order valence-corrected chi connectivity index (χ0v) is 33.9. The number of rotatable bonds is 12. The molecule has 0 spiro atoms. The van der Waals surface area contributed by atoms with Gasteiger partial charge in [0, 0.05) is 61.8 Å². The van der Waals surface area contributed by atoms with Gasteiger partial charge in [-0.15, -0.1) is 0 Å². The van der Waals surface area contributed by atoms with E-state index >= 15 is 0 Å². The van der Waals surface area contributed by atoms with Gasteiger partial charge in [0.15, 0.2) is 23.6 Å². The van der Waals surface area contributed by atoms with Crippen molar-refractivity contribution in [3.05, 3.63) is 101 Å². The van der Waals surface area contributed by atoms with E-state index < -0.39 is 30.1 Å². The zero-order chi connectivity index (χ0) is 44.2. The molecule has 2 saturated heterocycles. The Bertz CT molecular complexity index is 2700. The molecular formula is C45H45N7O10. The number of nitriles is 1. The number of carboxylic acids is 3. The number of pyridine rings is 2. The van der Waals surface area contributed by atoms with Gasteiger partial charge in [0.1, 0.15) is 17.1 Å². The molecule has 0 unspecified atom stereocenters. The molecule has 0 bridgehead atoms. The van der Waals surface area contributed by atoms with Crippen molar-refractivity contribution >= 4 is 51.4 Å². The first-order chi connectivity index (χ1) is 29.7. The monoisotopic (exact) mass is 843 g/mol. The highest BCUT2D eigenvalue weighted by molar-refractivity contribution is 5.91. The number of aromatic nitrogens is 3. The van der Waals surface area contributed by atoms with Gasteiger partial charge in [0.25, 0.3) is 0 Å². The number of aliphatic carboxylic acids is 3. The number of hydrogen-bond donors (Lipinski definition) is 7. The molecule has 0 saturated carbocycles. The third kappa shape index (κ3) is 9.39. The van der Waals surface area contributed by atoms with Gasteiger partial charge in [-0.25, -0.2) is 19.6 Å². The number of β-amino-alcohol motifs (C(OH)–C–C–N with tert-alkyl or cyclic N) is 1. The lowest BCUT2D eigenvalue weighted by Gasteiger charge is -2.17. The summed E-state index contributed by atoms with van der Waals surface area (Å²) < 4.78 is 6.28. The summed E-state index contributed by atoms with van der Waals surface area (Å²) in [5.41, 5.74) is 10.1. The number of anilines is 2. The normalized spacial score (nSPS) is 17.6. The Morgan fingerprint density at radius 2 is 1.52 bits per heavy atom. The van der Waals surface area contributed by atoms with Crippen LogP contribution >= 0.6 is 0 Å². The van der Waals surface area contributed by atoms with E-state index in [2.05, 4.69) is 58.2 Å². The number of nitrogens with one attached hydrogen (secondary N) is 1. The standard InChI is InChI=1S/C41H39N7O4.C4H6O6/c1-24-32(5-3-7-34(24)40-46-36-17-26(15-30(18-42)38(36)52-40)20-47-13-10-29(22-47)41(50)51)33-6-4-8-35(25(33)2)45-39-37-28(9-12-43-39)16-27(19-44-37)21-48-14-11-31(49)23-48;5-1(3(7)8)2(6)4(9)10/h3-9,12,15-17,19,29,31,49H,10-11,13-14,20-23H2,1-2H3,(H,43,45)(H,50,51);1-2,5-6H,(H,7,8)(H,9,10)/t29-,31-;1-,2-/m11/s1. The van der Waals surface area contributed by atoms with E-state index in [4.69, 9.17) is 34.8 Å². The Labute approximate surface area is 355 Å². The third-order valence-electron chi connectivity index (χ3n) is 11.3. The minimum atomic E-state index is -2.27. The van der Waals surface area contributed by atoms with Crippen LogP contribution in [0.4, 0.5) is 11.5 Å². The van der Waals surface area contributed by atoms with E-state index in [1.165, 1.54) is 0 Å². The second-order valence-corrected chi connectivity index (χ2v) is 15.6. The summed E-state index contributed by atoms with van der Waals surface area (Å²) in [6.45, 7) is 8.21. The van der Waals surface area contributed by atoms with E-state index in [1.807, 2.05) is 48.7 Å². The molecule has 0 aliphatic carbocycles. The van der Waals surface area contributed by atoms with Crippen molar-refractivity contribution in [3.63, 3.8) is 0 Å². The summed E-state index contributed by atoms with van der Waals surface area (Å²) in [6, 6.07) is 22.4. The van der Waals surface area contributed by atoms with Gasteiger partial charge in [-0.1, -0.05) is 24.3 Å². The highest BCUT2D eigenvalue weighted by Gasteiger charge is 2.30. The number of fused-ring (bicyclic) bond motifs is 2. The van der Waals surface area contributed by atoms with E-state index in [0.717, 1.165) is 75.0 Å². The molecule has 6 aromatic rings. The summed E-state index contributed by atoms with van der Waals surface area (Å²) in [6.07, 6.45) is 0.334. The van der Waals surface area contributed by atoms with Crippen LogP contribution < -0.4 is 5.32 Å². The van der Waals surface area contributed by atoms with Crippen molar-refractivity contribution in [3.8, 4) is 28.7 Å². The second-order valence-electron chi connectivity index (χ2n) is 15.6. The van der Waals surface area contributed by atoms with Crippen molar-refractivity contribution in [1.29, 1.82) is 5.26 Å². The van der Waals surface area contributed by atoms with Crippen molar-refractivity contribution in [2.45, 2.75) is 58.1 Å². The topological polar surface area (TPSA) is 267 Å². The Hall–Kier alpha value is -6.81. The van der Waals surface area contributed by atoms with Crippen LogP contribution in [-0.2, 0) is 27.5 Å². The van der Waals surface area contributed by atoms with Gasteiger partial charge in [0.2, 0.25) is 5.89 Å². The maximum Gasteiger partial charge on any atom is 0.335 e. The summed E-state index contributed by atoms with van der Waals surface area (Å²) in [7, 11) is 0. The van der Waals surface area contributed by atoms with E-state index in [9.17, 15) is 29.9 Å². The molecule has 17 nitrogen and oxygen atoms in total. The molecule has 17 heteroatoms. The predicted octanol–water partition coefficient (Wildman–Crippen LogP) is 4.69. The predicted molar refractivity (Wildman–Crippen MR) is 226 cm³/mol. The molecule has 4 atom stereocenters. The van der Waals surface area contributed by atoms with Crippen molar-refractivity contribution in [2.24, 2.45) is 5.92 Å². The number of carboxylic acid groups (broad SMARTS) is 3. The first-order valence-electron chi connectivity index (χ1n) is 19.9. The molecule has 5 heterocycles. The Morgan fingerprint density at radius 3 is 2.18 bits per heavy atom. The number of aliphatic hydroxyl groups is 3. The van der Waals surface area contributed by atoms with Crippen LogP contribution in [0.2, 0.25) is 0 Å². The third-order valence-corrected chi connectivity index (χ3v) is 11.3. The number of nitrogens with zero attached hydrogens (tertiary/aromatic N) is 6. The zero-order valence-electron chi connectivity index (χ0n) is 33.9. The lowest BCUT2D eigenvalue weighted by Crippen LogP contribution is -2.39. The molecule has 7 N–H and O–H groups in total. The van der Waals surface area contributed by atoms with E-state index in [0.29, 0.717) is 61.0 Å². The highest BCUT2D eigenvalue weighted by Crippen LogP contribution is 2.38. The number of aliphatic hydroxyl groups excluding tert-OH is 3. The van der Waals surface area contributed by atoms with Crippen LogP contribution in [-0.4, -0.2) is 118 Å². The minimum absolute atomic E-state index is 0.254. The maximum atomic E-state index is 11.5. The van der Waals surface area contributed by atoms with Crippen LogP contribution in [0.25, 0.3) is 44.6 Å². The minimum Gasteiger partial charge on any atom is -0.481 e. The molecule has 0 amide bonds. The lowest BCUT2D eigenvalue weighted by molar-refractivity contribution is -0.165. The molecular weight excluding hydrogens is 799 g/mol. The molecule has 2 aliphatic rings. The van der Waals surface area contributed by atoms with Crippen LogP contribution in [0.5, 0.6) is 0 Å². The van der Waals surface area contributed by atoms with Gasteiger partial charge in [-0.3, -0.25) is 19.6 Å². The SMILES string of the molecule is Cc1c(Nc2nccc3cc(CN4CC[C@@H](O)C4)cnc23)cccc1-c1cccc(-c2nc3cc(CN4CC[C@@H](C(=O)O)C4)cc(C#N)c3o2)c1C.O=C(O)[C@H](O)[C@@H](O)C(=O)O. The molecule has 8 rings (SSSR count). The second kappa shape index (κ2) is 18.4. The number of carbonyl (C=O) groups is 3. The van der Waals surface area contributed by atoms with Gasteiger partial charge >= 0.3 is 17.9 Å². The van der Waals surface area contributed by atoms with Crippen LogP contribution in [0, 0.1) is 31.1 Å². The summed E-state index contributed by atoms with van der Waals surface area (Å²) in [5, 5.41) is 66.4. The fraction of sp³-hybridized carbons (Fsp3) is 0.311. The molecule has 2 fully saturated rings. The van der Waals surface area contributed by atoms with E-state index in [1.54, 1.807) is 6.20 Å². The fourth-order valence-corrected chi connectivity index (χ4v) is 7.93. The van der Waals surface area contributed by atoms with Crippen LogP contribution in [0.15, 0.2) is 77.5 Å². The van der Waals surface area contributed by atoms with Gasteiger partial charge in [-0.05, 0) is 103 Å². The molecule has 62 heavy (non-hydrogen) atoms. The first-order valence-corrected chi connectivity index (χ1v) is 19.9. The average molecular weight is 844 g/mol.